The van der Waals surface area contributed by atoms with Gasteiger partial charge in [-0.25, -0.2) is 0 Å². The Labute approximate surface area is 81.3 Å². The quantitative estimate of drug-likeness (QED) is 0.734. The Morgan fingerprint density at radius 3 is 2.67 bits per heavy atom. The Morgan fingerprint density at radius 1 is 1.75 bits per heavy atom. The third-order valence-electron chi connectivity index (χ3n) is 1.43. The maximum Gasteiger partial charge on any atom is 0.322 e. The van der Waals surface area contributed by atoms with E-state index in [2.05, 4.69) is 32.6 Å². The van der Waals surface area contributed by atoms with Gasteiger partial charge in [0.15, 0.2) is 0 Å². The van der Waals surface area contributed by atoms with Crippen molar-refractivity contribution in [1.82, 2.24) is 5.32 Å². The average Bonchev–Trinajstić information content (AvgIpc) is 2.04. The van der Waals surface area contributed by atoms with E-state index in [9.17, 15) is 4.79 Å². The van der Waals surface area contributed by atoms with E-state index in [-0.39, 0.29) is 12.0 Å². The van der Waals surface area contributed by atoms with Crippen LogP contribution in [0.1, 0.15) is 13.3 Å². The predicted molar refractivity (Wildman–Crippen MR) is 52.2 cm³/mol. The zero-order valence-corrected chi connectivity index (χ0v) is 8.98. The first-order valence-electron chi connectivity index (χ1n) is 3.76. The van der Waals surface area contributed by atoms with Crippen molar-refractivity contribution in [2.75, 3.05) is 13.7 Å². The van der Waals surface area contributed by atoms with Gasteiger partial charge in [0.25, 0.3) is 0 Å². The highest BCUT2D eigenvalue weighted by Gasteiger charge is 2.15. The van der Waals surface area contributed by atoms with Gasteiger partial charge in [0, 0.05) is 11.0 Å². The van der Waals surface area contributed by atoms with Gasteiger partial charge in [0.05, 0.1) is 7.11 Å². The normalized spacial score (nSPS) is 12.2. The van der Waals surface area contributed by atoms with Gasteiger partial charge in [-0.3, -0.25) is 10.1 Å². The molecule has 0 spiro atoms. The molecule has 12 heavy (non-hydrogen) atoms. The van der Waals surface area contributed by atoms with Gasteiger partial charge in [-0.15, -0.1) is 0 Å². The number of halogens is 1. The van der Waals surface area contributed by atoms with Crippen LogP contribution < -0.4 is 5.32 Å². The molecule has 1 N–H and O–H groups in total. The minimum absolute atomic E-state index is 0.230. The minimum atomic E-state index is -0.232. The summed E-state index contributed by atoms with van der Waals surface area (Å²) in [6, 6.07) is -0.232. The number of hydrogen-bond acceptors (Lipinski definition) is 3. The summed E-state index contributed by atoms with van der Waals surface area (Å²) in [6.45, 7) is 6.15. The van der Waals surface area contributed by atoms with Gasteiger partial charge in [0.2, 0.25) is 0 Å². The largest absolute Gasteiger partial charge is 0.468 e. The summed E-state index contributed by atoms with van der Waals surface area (Å²) in [6.07, 6.45) is 0.715. The molecule has 1 unspecified atom stereocenters. The first kappa shape index (κ1) is 11.6. The highest BCUT2D eigenvalue weighted by atomic mass is 79.9. The van der Waals surface area contributed by atoms with E-state index in [4.69, 9.17) is 0 Å². The average molecular weight is 236 g/mol. The van der Waals surface area contributed by atoms with Crippen LogP contribution in [-0.2, 0) is 9.53 Å². The van der Waals surface area contributed by atoms with Crippen molar-refractivity contribution in [3.63, 3.8) is 0 Å². The van der Waals surface area contributed by atoms with Crippen molar-refractivity contribution < 1.29 is 9.53 Å². The van der Waals surface area contributed by atoms with Crippen LogP contribution in [0.3, 0.4) is 0 Å². The molecule has 0 aliphatic carbocycles. The van der Waals surface area contributed by atoms with Crippen LogP contribution >= 0.6 is 15.9 Å². The zero-order valence-electron chi connectivity index (χ0n) is 7.39. The van der Waals surface area contributed by atoms with Crippen molar-refractivity contribution >= 4 is 21.9 Å². The second-order valence-corrected chi connectivity index (χ2v) is 3.50. The lowest BCUT2D eigenvalue weighted by Crippen LogP contribution is -2.37. The summed E-state index contributed by atoms with van der Waals surface area (Å²) in [5.41, 5.74) is 0. The molecule has 0 saturated carbocycles. The van der Waals surface area contributed by atoms with E-state index in [1.165, 1.54) is 7.11 Å². The monoisotopic (exact) mass is 235 g/mol. The maximum atomic E-state index is 11.0. The van der Waals surface area contributed by atoms with Crippen LogP contribution in [0.25, 0.3) is 0 Å². The fourth-order valence-electron chi connectivity index (χ4n) is 0.771. The zero-order chi connectivity index (χ0) is 9.56. The van der Waals surface area contributed by atoms with E-state index in [0.29, 0.717) is 13.0 Å². The molecular formula is C8H14BrNO2. The molecule has 0 aromatic heterocycles. The number of carbonyl (C=O) groups excluding carboxylic acids is 1. The lowest BCUT2D eigenvalue weighted by atomic mass is 10.2. The Morgan fingerprint density at radius 2 is 2.33 bits per heavy atom. The van der Waals surface area contributed by atoms with Gasteiger partial charge < -0.3 is 4.74 Å². The van der Waals surface area contributed by atoms with Crippen molar-refractivity contribution in [1.29, 1.82) is 0 Å². The molecule has 0 saturated heterocycles. The summed E-state index contributed by atoms with van der Waals surface area (Å²) < 4.78 is 5.41. The van der Waals surface area contributed by atoms with Crippen LogP contribution in [0.2, 0.25) is 0 Å². The molecule has 0 fully saturated rings. The van der Waals surface area contributed by atoms with Crippen molar-refractivity contribution in [3.8, 4) is 0 Å². The molecule has 1 atom stereocenters. The SMILES string of the molecule is C=C(Br)CNC(CC)C(=O)OC. The third kappa shape index (κ3) is 4.51. The van der Waals surface area contributed by atoms with Crippen LogP contribution in [0.5, 0.6) is 0 Å². The molecule has 0 rings (SSSR count). The minimum Gasteiger partial charge on any atom is -0.468 e. The van der Waals surface area contributed by atoms with Crippen molar-refractivity contribution in [2.24, 2.45) is 0 Å². The number of methoxy groups -OCH3 is 1. The molecule has 0 aliphatic rings. The van der Waals surface area contributed by atoms with E-state index in [1.807, 2.05) is 6.92 Å². The van der Waals surface area contributed by atoms with Gasteiger partial charge >= 0.3 is 5.97 Å². The summed E-state index contributed by atoms with van der Waals surface area (Å²) in [5, 5.41) is 3.00. The topological polar surface area (TPSA) is 38.3 Å². The van der Waals surface area contributed by atoms with E-state index in [0.717, 1.165) is 4.48 Å². The number of hydrogen-bond donors (Lipinski definition) is 1. The predicted octanol–water partition coefficient (Wildman–Crippen LogP) is 1.44. The fraction of sp³-hybridized carbons (Fsp3) is 0.625. The van der Waals surface area contributed by atoms with Crippen LogP contribution in [-0.4, -0.2) is 25.7 Å². The van der Waals surface area contributed by atoms with Crippen molar-refractivity contribution in [2.45, 2.75) is 19.4 Å². The molecule has 0 radical (unpaired) electrons. The van der Waals surface area contributed by atoms with E-state index < -0.39 is 0 Å². The third-order valence-corrected chi connectivity index (χ3v) is 1.71. The number of rotatable bonds is 5. The second-order valence-electron chi connectivity index (χ2n) is 2.38. The molecule has 4 heteroatoms. The maximum absolute atomic E-state index is 11.0. The molecule has 0 aromatic carbocycles. The van der Waals surface area contributed by atoms with Crippen molar-refractivity contribution in [3.05, 3.63) is 11.1 Å². The molecule has 0 bridgehead atoms. The molecule has 3 nitrogen and oxygen atoms in total. The molecule has 0 amide bonds. The number of nitrogens with one attached hydrogen (secondary N) is 1. The first-order chi connectivity index (χ1) is 5.61. The summed E-state index contributed by atoms with van der Waals surface area (Å²) in [4.78, 5) is 11.0. The standard InChI is InChI=1S/C8H14BrNO2/c1-4-7(8(11)12-3)10-5-6(2)9/h7,10H,2,4-5H2,1,3H3. The first-order valence-corrected chi connectivity index (χ1v) is 4.55. The summed E-state index contributed by atoms with van der Waals surface area (Å²) >= 11 is 3.19. The second kappa shape index (κ2) is 6.20. The Kier molecular flexibility index (Phi) is 6.02. The number of ether oxygens (including phenoxy) is 1. The highest BCUT2D eigenvalue weighted by molar-refractivity contribution is 9.11. The van der Waals surface area contributed by atoms with Gasteiger partial charge in [0.1, 0.15) is 6.04 Å². The van der Waals surface area contributed by atoms with Gasteiger partial charge in [-0.1, -0.05) is 29.4 Å². The molecule has 70 valence electrons. The van der Waals surface area contributed by atoms with Crippen LogP contribution in [0, 0.1) is 0 Å². The number of carbonyl (C=O) groups is 1. The Balaban J connectivity index is 3.83. The summed E-state index contributed by atoms with van der Waals surface area (Å²) in [7, 11) is 1.38. The molecule has 0 heterocycles. The molecule has 0 aromatic rings. The smallest absolute Gasteiger partial charge is 0.322 e. The Hall–Kier alpha value is -0.350. The van der Waals surface area contributed by atoms with E-state index in [1.54, 1.807) is 0 Å². The van der Waals surface area contributed by atoms with Gasteiger partial charge in [-0.05, 0) is 6.42 Å². The highest BCUT2D eigenvalue weighted by Crippen LogP contribution is 2.00. The lowest BCUT2D eigenvalue weighted by molar-refractivity contribution is -0.143. The van der Waals surface area contributed by atoms with E-state index >= 15 is 0 Å². The van der Waals surface area contributed by atoms with Crippen LogP contribution in [0.4, 0.5) is 0 Å². The van der Waals surface area contributed by atoms with Gasteiger partial charge in [-0.2, -0.15) is 0 Å². The fourth-order valence-corrected chi connectivity index (χ4v) is 0.932. The lowest BCUT2D eigenvalue weighted by Gasteiger charge is -2.13. The van der Waals surface area contributed by atoms with Crippen LogP contribution in [0.15, 0.2) is 11.1 Å². The molecular weight excluding hydrogens is 222 g/mol. The molecule has 0 aliphatic heterocycles. The Bertz CT molecular complexity index is 170. The number of esters is 1. The summed E-state index contributed by atoms with van der Waals surface area (Å²) in [5.74, 6) is -0.230.